The first-order valence-corrected chi connectivity index (χ1v) is 10.4. The number of hydrogen-bond acceptors (Lipinski definition) is 4. The fourth-order valence-corrected chi connectivity index (χ4v) is 4.90. The van der Waals surface area contributed by atoms with E-state index in [1.165, 1.54) is 33.6 Å². The Hall–Kier alpha value is -3.14. The highest BCUT2D eigenvalue weighted by Gasteiger charge is 2.33. The average molecular weight is 383 g/mol. The van der Waals surface area contributed by atoms with Gasteiger partial charge in [-0.2, -0.15) is 0 Å². The van der Waals surface area contributed by atoms with Crippen LogP contribution in [0, 0.1) is 0 Å². The minimum Gasteiger partial charge on any atom is -0.352 e. The maximum atomic E-state index is 2.41. The molecule has 0 N–H and O–H groups in total. The van der Waals surface area contributed by atoms with Gasteiger partial charge in [-0.15, -0.1) is 0 Å². The lowest BCUT2D eigenvalue weighted by Gasteiger charge is -2.37. The van der Waals surface area contributed by atoms with Crippen molar-refractivity contribution in [2.24, 2.45) is 0 Å². The molecular weight excluding hydrogens is 356 g/mol. The van der Waals surface area contributed by atoms with Crippen molar-refractivity contribution in [3.8, 4) is 0 Å². The molecule has 0 unspecified atom stereocenters. The van der Waals surface area contributed by atoms with Crippen molar-refractivity contribution < 1.29 is 0 Å². The van der Waals surface area contributed by atoms with Crippen molar-refractivity contribution in [2.45, 2.75) is 32.4 Å². The zero-order valence-corrected chi connectivity index (χ0v) is 17.0. The minimum absolute atomic E-state index is 0.0300. The Balaban J connectivity index is 1.48. The Bertz CT molecular complexity index is 994. The molecule has 2 aromatic carbocycles. The number of hydrazine groups is 1. The molecule has 4 nitrogen and oxygen atoms in total. The highest BCUT2D eigenvalue weighted by Crippen LogP contribution is 2.36. The van der Waals surface area contributed by atoms with Crippen LogP contribution in [0.3, 0.4) is 0 Å². The van der Waals surface area contributed by atoms with E-state index in [9.17, 15) is 0 Å². The van der Waals surface area contributed by atoms with E-state index in [1.54, 1.807) is 0 Å². The van der Waals surface area contributed by atoms with Gasteiger partial charge < -0.3 is 9.80 Å². The molecule has 0 atom stereocenters. The first-order chi connectivity index (χ1) is 14.1. The lowest BCUT2D eigenvalue weighted by molar-refractivity contribution is 0.0144. The molecule has 0 aromatic heterocycles. The summed E-state index contributed by atoms with van der Waals surface area (Å²) in [6.07, 6.45) is 9.07. The van der Waals surface area contributed by atoms with E-state index in [2.05, 4.69) is 107 Å². The molecule has 8 bridgehead atoms. The summed E-state index contributed by atoms with van der Waals surface area (Å²) in [6.45, 7) is 8.32. The fourth-order valence-electron chi connectivity index (χ4n) is 4.90. The molecule has 4 heteroatoms. The molecule has 6 rings (SSSR count). The molecule has 0 spiro atoms. The molecule has 0 amide bonds. The number of rotatable bonds is 0. The summed E-state index contributed by atoms with van der Waals surface area (Å²) in [5.41, 5.74) is 7.99. The molecule has 0 fully saturated rings. The molecule has 0 saturated heterocycles. The third kappa shape index (κ3) is 2.66. The van der Waals surface area contributed by atoms with Crippen molar-refractivity contribution in [1.29, 1.82) is 0 Å². The summed E-state index contributed by atoms with van der Waals surface area (Å²) >= 11 is 0. The standard InChI is InChI=1S/C25H26N4/c1-25(2)21-7-3-5-19(11-21)13-26-15-23-9-10-24-16-27(18-29(24)28(23)17-26)14-20-6-4-8-22(25)12-20/h3-12,15-16H,13-14,17-18H2,1-2H3. The molecule has 0 aliphatic carbocycles. The largest absolute Gasteiger partial charge is 0.352 e. The van der Waals surface area contributed by atoms with E-state index in [1.807, 2.05) is 0 Å². The zero-order chi connectivity index (χ0) is 19.6. The summed E-state index contributed by atoms with van der Waals surface area (Å²) in [4.78, 5) is 4.83. The second-order valence-corrected chi connectivity index (χ2v) is 9.04. The van der Waals surface area contributed by atoms with Crippen LogP contribution in [-0.2, 0) is 18.5 Å². The lowest BCUT2D eigenvalue weighted by Crippen LogP contribution is -2.43. The maximum absolute atomic E-state index is 2.41. The topological polar surface area (TPSA) is 13.0 Å². The van der Waals surface area contributed by atoms with Gasteiger partial charge in [-0.1, -0.05) is 62.4 Å². The van der Waals surface area contributed by atoms with Crippen LogP contribution in [0.25, 0.3) is 0 Å². The highest BCUT2D eigenvalue weighted by molar-refractivity contribution is 5.42. The predicted molar refractivity (Wildman–Crippen MR) is 115 cm³/mol. The molecule has 146 valence electrons. The molecule has 29 heavy (non-hydrogen) atoms. The van der Waals surface area contributed by atoms with Gasteiger partial charge >= 0.3 is 0 Å². The molecular formula is C25H26N4. The first kappa shape index (κ1) is 16.8. The number of hydrogen-bond donors (Lipinski definition) is 0. The summed E-state index contributed by atoms with van der Waals surface area (Å²) in [5, 5.41) is 4.80. The highest BCUT2D eigenvalue weighted by atomic mass is 15.7. The van der Waals surface area contributed by atoms with Crippen LogP contribution in [0.2, 0.25) is 0 Å². The van der Waals surface area contributed by atoms with E-state index in [4.69, 9.17) is 0 Å². The van der Waals surface area contributed by atoms with Gasteiger partial charge in [-0.25, -0.2) is 0 Å². The maximum Gasteiger partial charge on any atom is 0.110 e. The van der Waals surface area contributed by atoms with Crippen LogP contribution in [0.15, 0.2) is 84.5 Å². The van der Waals surface area contributed by atoms with Crippen molar-refractivity contribution in [3.05, 3.63) is 107 Å². The number of fused-ring (bicyclic) bond motifs is 6. The molecule has 4 aliphatic rings. The van der Waals surface area contributed by atoms with Crippen LogP contribution in [0.5, 0.6) is 0 Å². The summed E-state index contributed by atoms with van der Waals surface area (Å²) in [6, 6.07) is 18.2. The number of nitrogens with zero attached hydrogens (tertiary/aromatic N) is 4. The lowest BCUT2D eigenvalue weighted by atomic mass is 9.77. The van der Waals surface area contributed by atoms with E-state index >= 15 is 0 Å². The Morgan fingerprint density at radius 1 is 0.690 bits per heavy atom. The van der Waals surface area contributed by atoms with Gasteiger partial charge in [-0.05, 0) is 34.4 Å². The SMILES string of the molecule is CC1(C)c2cccc(c2)CN2C=C3C=CC4=CN(Cc5cccc1c5)CN4N3C2. The Morgan fingerprint density at radius 3 is 1.66 bits per heavy atom. The quantitative estimate of drug-likeness (QED) is 0.672. The van der Waals surface area contributed by atoms with E-state index in [0.29, 0.717) is 0 Å². The van der Waals surface area contributed by atoms with Crippen LogP contribution in [-0.4, -0.2) is 33.2 Å². The number of benzene rings is 2. The van der Waals surface area contributed by atoms with Crippen LogP contribution in [0.4, 0.5) is 0 Å². The second kappa shape index (κ2) is 5.93. The summed E-state index contributed by atoms with van der Waals surface area (Å²) < 4.78 is 0. The molecule has 2 aromatic rings. The first-order valence-electron chi connectivity index (χ1n) is 10.4. The third-order valence-corrected chi connectivity index (χ3v) is 6.64. The van der Waals surface area contributed by atoms with Gasteiger partial charge in [-0.3, -0.25) is 10.0 Å². The van der Waals surface area contributed by atoms with E-state index in [-0.39, 0.29) is 5.41 Å². The van der Waals surface area contributed by atoms with Crippen LogP contribution >= 0.6 is 0 Å². The fraction of sp³-hybridized carbons (Fsp3) is 0.280. The van der Waals surface area contributed by atoms with Crippen molar-refractivity contribution in [2.75, 3.05) is 13.3 Å². The van der Waals surface area contributed by atoms with Gasteiger partial charge in [0.1, 0.15) is 13.3 Å². The Morgan fingerprint density at radius 2 is 1.17 bits per heavy atom. The van der Waals surface area contributed by atoms with Crippen molar-refractivity contribution in [3.63, 3.8) is 0 Å². The minimum atomic E-state index is -0.0300. The van der Waals surface area contributed by atoms with Gasteiger partial charge in [0, 0.05) is 30.9 Å². The third-order valence-electron chi connectivity index (χ3n) is 6.64. The zero-order valence-electron chi connectivity index (χ0n) is 17.0. The molecule has 0 saturated carbocycles. The molecule has 4 heterocycles. The predicted octanol–water partition coefficient (Wildman–Crippen LogP) is 4.34. The molecule has 4 aliphatic heterocycles. The Kier molecular flexibility index (Phi) is 3.43. The van der Waals surface area contributed by atoms with Crippen LogP contribution < -0.4 is 0 Å². The molecule has 0 radical (unpaired) electrons. The van der Waals surface area contributed by atoms with E-state index in [0.717, 1.165) is 26.4 Å². The van der Waals surface area contributed by atoms with Crippen molar-refractivity contribution in [1.82, 2.24) is 19.8 Å². The monoisotopic (exact) mass is 382 g/mol. The van der Waals surface area contributed by atoms with Gasteiger partial charge in [0.2, 0.25) is 0 Å². The van der Waals surface area contributed by atoms with Crippen LogP contribution in [0.1, 0.15) is 36.1 Å². The summed E-state index contributed by atoms with van der Waals surface area (Å²) in [7, 11) is 0. The van der Waals surface area contributed by atoms with E-state index < -0.39 is 0 Å². The number of allylic oxidation sites excluding steroid dienone is 2. The normalized spacial score (nSPS) is 21.2. The Labute approximate surface area is 172 Å². The van der Waals surface area contributed by atoms with Gasteiger partial charge in [0.15, 0.2) is 0 Å². The summed E-state index contributed by atoms with van der Waals surface area (Å²) in [5.74, 6) is 0. The van der Waals surface area contributed by atoms with Gasteiger partial charge in [0.25, 0.3) is 0 Å². The van der Waals surface area contributed by atoms with Crippen molar-refractivity contribution >= 4 is 0 Å². The smallest absolute Gasteiger partial charge is 0.110 e. The second-order valence-electron chi connectivity index (χ2n) is 9.04. The van der Waals surface area contributed by atoms with Gasteiger partial charge in [0.05, 0.1) is 11.4 Å². The average Bonchev–Trinajstić information content (AvgIpc) is 3.30.